The van der Waals surface area contributed by atoms with Crippen molar-refractivity contribution in [2.45, 2.75) is 24.7 Å². The summed E-state index contributed by atoms with van der Waals surface area (Å²) >= 11 is -1.06. The summed E-state index contributed by atoms with van der Waals surface area (Å²) in [5.41, 5.74) is -28.0. The molecular weight excluding hydrogens is 1060 g/mol. The summed E-state index contributed by atoms with van der Waals surface area (Å²) in [6, 6.07) is 0. The number of nitrogens with zero attached hydrogens (tertiary/aromatic N) is 4. The van der Waals surface area contributed by atoms with Gasteiger partial charge in [-0.05, 0) is 0 Å². The fourth-order valence-electron chi connectivity index (χ4n) is 5.84. The molecule has 0 saturated heterocycles. The van der Waals surface area contributed by atoms with E-state index in [4.69, 9.17) is 0 Å². The first-order valence-electron chi connectivity index (χ1n) is 16.2. The van der Waals surface area contributed by atoms with Gasteiger partial charge in [0.05, 0.1) is 0 Å². The van der Waals surface area contributed by atoms with Gasteiger partial charge in [0.25, 0.3) is 0 Å². The number of rotatable bonds is 7. The highest BCUT2D eigenvalue weighted by molar-refractivity contribution is 7.15. The van der Waals surface area contributed by atoms with Crippen molar-refractivity contribution in [2.24, 2.45) is 0 Å². The van der Waals surface area contributed by atoms with Crippen LogP contribution in [0.3, 0.4) is 0 Å². The molecule has 0 spiro atoms. The molecule has 0 aliphatic carbocycles. The van der Waals surface area contributed by atoms with E-state index < -0.39 is 217 Å². The van der Waals surface area contributed by atoms with E-state index in [0.717, 1.165) is 0 Å². The Balaban J connectivity index is 1.67. The molecule has 0 amide bonds. The molecule has 366 valence electrons. The van der Waals surface area contributed by atoms with Crippen molar-refractivity contribution in [3.05, 3.63) is 126 Å². The zero-order valence-electron chi connectivity index (χ0n) is 30.3. The third-order valence-electron chi connectivity index (χ3n) is 8.62. The molecule has 0 unspecified atom stereocenters. The number of benzene rings is 4. The van der Waals surface area contributed by atoms with Gasteiger partial charge < -0.3 is 0 Å². The zero-order chi connectivity index (χ0) is 51.6. The van der Waals surface area contributed by atoms with Crippen LogP contribution in [-0.2, 0) is 24.7 Å². The number of thiazole rings is 2. The van der Waals surface area contributed by atoms with E-state index in [-0.39, 0.29) is 10.8 Å². The van der Waals surface area contributed by atoms with Crippen LogP contribution >= 0.6 is 22.7 Å². The topological polar surface area (TPSA) is 32.3 Å². The Hall–Kier alpha value is -6.22. The number of halogens is 28. The Labute approximate surface area is 360 Å². The highest BCUT2D eigenvalue weighted by atomic mass is 32.1. The van der Waals surface area contributed by atoms with Crippen molar-refractivity contribution in [1.82, 2.24) is 9.97 Å². The molecule has 0 aliphatic rings. The largest absolute Gasteiger partial charge is 0.422 e. The third-order valence-corrected chi connectivity index (χ3v) is 10.3. The second-order valence-corrected chi connectivity index (χ2v) is 14.3. The summed E-state index contributed by atoms with van der Waals surface area (Å²) in [7, 11) is 0. The minimum absolute atomic E-state index is 0.224. The summed E-state index contributed by atoms with van der Waals surface area (Å²) in [6.45, 7) is 0. The predicted molar refractivity (Wildman–Crippen MR) is 172 cm³/mol. The van der Waals surface area contributed by atoms with Gasteiger partial charge in [-0.3, -0.25) is 9.80 Å². The predicted octanol–water partition coefficient (Wildman–Crippen LogP) is 15.5. The lowest BCUT2D eigenvalue weighted by Gasteiger charge is -2.26. The zero-order valence-corrected chi connectivity index (χ0v) is 32.0. The number of anilines is 6. The van der Waals surface area contributed by atoms with Crippen LogP contribution in [0.25, 0.3) is 11.4 Å². The van der Waals surface area contributed by atoms with E-state index in [1.54, 1.807) is 0 Å². The van der Waals surface area contributed by atoms with E-state index in [0.29, 0.717) is 0 Å². The fraction of sp³-hybridized carbons (Fsp3) is 0.118. The highest BCUT2D eigenvalue weighted by Crippen LogP contribution is 2.52. The van der Waals surface area contributed by atoms with Crippen molar-refractivity contribution < 1.29 is 123 Å². The highest BCUT2D eigenvalue weighted by Gasteiger charge is 2.49. The van der Waals surface area contributed by atoms with Crippen molar-refractivity contribution in [3.63, 3.8) is 0 Å². The van der Waals surface area contributed by atoms with Crippen LogP contribution in [0, 0.1) is 93.1 Å². The summed E-state index contributed by atoms with van der Waals surface area (Å²) in [5.74, 6) is -55.4. The molecule has 0 bridgehead atoms. The van der Waals surface area contributed by atoms with Crippen molar-refractivity contribution in [2.75, 3.05) is 9.80 Å². The van der Waals surface area contributed by atoms with Crippen LogP contribution in [0.15, 0.2) is 10.8 Å². The van der Waals surface area contributed by atoms with Crippen LogP contribution in [-0.4, -0.2) is 9.97 Å². The van der Waals surface area contributed by atoms with Crippen LogP contribution in [0.1, 0.15) is 22.3 Å². The second kappa shape index (κ2) is 16.8. The van der Waals surface area contributed by atoms with Gasteiger partial charge in [0.1, 0.15) is 56.4 Å². The average Bonchev–Trinajstić information content (AvgIpc) is 3.89. The smallest absolute Gasteiger partial charge is 0.275 e. The lowest BCUT2D eigenvalue weighted by molar-refractivity contribution is -0.144. The molecule has 0 N–H and O–H groups in total. The molecule has 0 atom stereocenters. The molecular formula is C34H2F28N4S2. The minimum Gasteiger partial charge on any atom is -0.275 e. The van der Waals surface area contributed by atoms with Gasteiger partial charge in [-0.2, -0.15) is 52.7 Å². The number of hydrogen-bond donors (Lipinski definition) is 0. The van der Waals surface area contributed by atoms with E-state index in [1.807, 2.05) is 0 Å². The molecule has 0 radical (unpaired) electrons. The van der Waals surface area contributed by atoms with Crippen LogP contribution < -0.4 is 9.80 Å². The van der Waals surface area contributed by atoms with Gasteiger partial charge >= 0.3 is 24.7 Å². The number of alkyl halides is 12. The Morgan fingerprint density at radius 3 is 0.588 bits per heavy atom. The van der Waals surface area contributed by atoms with Crippen LogP contribution in [0.2, 0.25) is 0 Å². The lowest BCUT2D eigenvalue weighted by Crippen LogP contribution is -2.24. The van der Waals surface area contributed by atoms with Gasteiger partial charge in [0, 0.05) is 10.8 Å². The maximum Gasteiger partial charge on any atom is 0.422 e. The Morgan fingerprint density at radius 1 is 0.279 bits per heavy atom. The SMILES string of the molecule is Fc1c(F)c(C(F)(F)F)c(F)c(F)c1N(c1nc(-c2csc(N(c3c(F)c(F)c(C(F)(F)F)c(F)c3F)c3c(F)c(F)c(C(F)(F)F)c(F)c3F)n2)cs1)c1c(F)c(F)c(C(F)(F)F)c(F)c1F. The van der Waals surface area contributed by atoms with Crippen LogP contribution in [0.5, 0.6) is 0 Å². The molecule has 0 fully saturated rings. The Bertz CT molecular complexity index is 2570. The Kier molecular flexibility index (Phi) is 12.6. The molecule has 68 heavy (non-hydrogen) atoms. The van der Waals surface area contributed by atoms with Gasteiger partial charge in [0.15, 0.2) is 103 Å². The first-order chi connectivity index (χ1) is 31.0. The molecule has 0 aliphatic heterocycles. The first kappa shape index (κ1) is 51.2. The van der Waals surface area contributed by atoms with Crippen molar-refractivity contribution in [1.29, 1.82) is 0 Å². The molecule has 6 rings (SSSR count). The molecule has 34 heteroatoms. The number of hydrogen-bond acceptors (Lipinski definition) is 6. The van der Waals surface area contributed by atoms with E-state index in [1.165, 1.54) is 0 Å². The third kappa shape index (κ3) is 8.09. The quantitative estimate of drug-likeness (QED) is 0.118. The summed E-state index contributed by atoms with van der Waals surface area (Å²) in [6.07, 6.45) is -25.6. The minimum atomic E-state index is -6.39. The monoisotopic (exact) mass is 1060 g/mol. The molecule has 6 aromatic rings. The average molecular weight is 1060 g/mol. The fourth-order valence-corrected chi connectivity index (χ4v) is 7.50. The van der Waals surface area contributed by atoms with Crippen molar-refractivity contribution >= 4 is 55.7 Å². The van der Waals surface area contributed by atoms with E-state index in [2.05, 4.69) is 9.97 Å². The summed E-state index contributed by atoms with van der Waals surface area (Å²) in [5, 5.41) is -3.32. The van der Waals surface area contributed by atoms with Gasteiger partial charge in [-0.1, -0.05) is 0 Å². The molecule has 4 aromatic carbocycles. The van der Waals surface area contributed by atoms with Gasteiger partial charge in [-0.15, -0.1) is 22.7 Å². The second-order valence-electron chi connectivity index (χ2n) is 12.6. The van der Waals surface area contributed by atoms with Crippen LogP contribution in [0.4, 0.5) is 156 Å². The van der Waals surface area contributed by atoms with Gasteiger partial charge in [-0.25, -0.2) is 80.2 Å². The maximum absolute atomic E-state index is 15.4. The summed E-state index contributed by atoms with van der Waals surface area (Å²) in [4.78, 5) is 4.08. The van der Waals surface area contributed by atoms with Gasteiger partial charge in [0.2, 0.25) is 0 Å². The summed E-state index contributed by atoms with van der Waals surface area (Å²) < 4.78 is 403. The molecule has 2 aromatic heterocycles. The number of aromatic nitrogens is 2. The van der Waals surface area contributed by atoms with E-state index in [9.17, 15) is 87.8 Å². The molecule has 0 saturated carbocycles. The first-order valence-corrected chi connectivity index (χ1v) is 18.0. The lowest BCUT2D eigenvalue weighted by atomic mass is 10.1. The standard InChI is InChI=1S/C34H2F28N4S2/c35-9-5(31(51,52)53)10(36)18(44)25(17(9)43)65(26-19(45)11(37)6(32(54,55)56)12(38)20(26)46)29-63-3(1-67-29)4-2-68-30(64-4)66(27-21(47)13(39)7(33(57,58)59)14(40)22(27)48)28-23(49)15(41)8(34(60,61)62)16(42)24(28)50/h1-2H. The normalized spacial score (nSPS) is 12.7. The maximum atomic E-state index is 15.4. The Morgan fingerprint density at radius 2 is 0.441 bits per heavy atom. The molecule has 4 nitrogen and oxygen atoms in total. The molecule has 2 heterocycles. The van der Waals surface area contributed by atoms with E-state index >= 15 is 35.1 Å². The van der Waals surface area contributed by atoms with Crippen molar-refractivity contribution in [3.8, 4) is 11.4 Å².